The number of aromatic amines is 1. The molecule has 4 aromatic rings. The maximum atomic E-state index is 9.86. The van der Waals surface area contributed by atoms with Gasteiger partial charge in [0.25, 0.3) is 0 Å². The maximum absolute atomic E-state index is 9.86. The van der Waals surface area contributed by atoms with Gasteiger partial charge in [-0.15, -0.1) is 0 Å². The first-order chi connectivity index (χ1) is 13.6. The third-order valence-electron chi connectivity index (χ3n) is 4.29. The average molecular weight is 396 g/mol. The number of hydrogen-bond donors (Lipinski definition) is 5. The van der Waals surface area contributed by atoms with E-state index in [1.54, 1.807) is 19.3 Å². The van der Waals surface area contributed by atoms with Crippen LogP contribution in [-0.2, 0) is 0 Å². The molecule has 1 atom stereocenters. The molecule has 0 spiro atoms. The largest absolute Gasteiger partial charge is 0.381 e. The number of halogens is 1. The topological polar surface area (TPSA) is 125 Å². The Kier molecular flexibility index (Phi) is 4.82. The average Bonchev–Trinajstić information content (AvgIpc) is 3.19. The van der Waals surface area contributed by atoms with Crippen molar-refractivity contribution < 1.29 is 5.11 Å². The van der Waals surface area contributed by atoms with Gasteiger partial charge in [0, 0.05) is 16.5 Å². The Labute approximate surface area is 165 Å². The molecule has 2 aromatic carbocycles. The number of nitrogens with two attached hydrogens (primary N) is 1. The van der Waals surface area contributed by atoms with Gasteiger partial charge < -0.3 is 16.2 Å². The van der Waals surface area contributed by atoms with Crippen molar-refractivity contribution in [2.45, 2.75) is 6.35 Å². The van der Waals surface area contributed by atoms with Gasteiger partial charge >= 0.3 is 0 Å². The first-order valence-corrected chi connectivity index (χ1v) is 8.92. The predicted molar refractivity (Wildman–Crippen MR) is 111 cm³/mol. The Balaban J connectivity index is 1.94. The molecule has 2 heterocycles. The van der Waals surface area contributed by atoms with Gasteiger partial charge in [-0.2, -0.15) is 5.10 Å². The van der Waals surface area contributed by atoms with Crippen LogP contribution in [0.3, 0.4) is 0 Å². The molecule has 0 saturated carbocycles. The highest BCUT2D eigenvalue weighted by Crippen LogP contribution is 2.35. The van der Waals surface area contributed by atoms with Crippen LogP contribution in [0, 0.1) is 0 Å². The molecule has 0 aliphatic carbocycles. The van der Waals surface area contributed by atoms with Crippen molar-refractivity contribution in [3.8, 4) is 22.5 Å². The monoisotopic (exact) mass is 395 g/mol. The van der Waals surface area contributed by atoms with E-state index >= 15 is 0 Å². The van der Waals surface area contributed by atoms with Crippen molar-refractivity contribution in [3.63, 3.8) is 0 Å². The number of benzene rings is 2. The van der Waals surface area contributed by atoms with E-state index in [2.05, 4.69) is 30.8 Å². The van der Waals surface area contributed by atoms with Crippen LogP contribution in [0.1, 0.15) is 0 Å². The highest BCUT2D eigenvalue weighted by atomic mass is 35.5. The van der Waals surface area contributed by atoms with Gasteiger partial charge in [-0.25, -0.2) is 9.97 Å². The Morgan fingerprint density at radius 1 is 1.11 bits per heavy atom. The summed E-state index contributed by atoms with van der Waals surface area (Å²) in [6, 6.07) is 13.3. The van der Waals surface area contributed by atoms with Gasteiger partial charge in [-0.1, -0.05) is 41.9 Å². The molecule has 2 aromatic heterocycles. The standard InChI is InChI=1S/C19H18ClN7O/c1-22-19(28)26-18-17(21)24-15(10-5-3-2-4-6-10)16(25-18)11-7-12-9-23-27-14(12)13(20)8-11/h2-9,19,22,28H,1H3,(H2,21,24)(H,23,27)(H,25,26). The molecule has 0 amide bonds. The first-order valence-electron chi connectivity index (χ1n) is 8.54. The van der Waals surface area contributed by atoms with Crippen LogP contribution in [0.5, 0.6) is 0 Å². The van der Waals surface area contributed by atoms with E-state index in [9.17, 15) is 5.11 Å². The normalized spacial score (nSPS) is 12.2. The Bertz CT molecular complexity index is 1130. The maximum Gasteiger partial charge on any atom is 0.182 e. The lowest BCUT2D eigenvalue weighted by Gasteiger charge is -2.17. The third-order valence-corrected chi connectivity index (χ3v) is 4.59. The number of nitrogen functional groups attached to an aromatic ring is 1. The third kappa shape index (κ3) is 3.36. The predicted octanol–water partition coefficient (Wildman–Crippen LogP) is 2.83. The first kappa shape index (κ1) is 18.2. The summed E-state index contributed by atoms with van der Waals surface area (Å²) >= 11 is 6.42. The molecular weight excluding hydrogens is 378 g/mol. The van der Waals surface area contributed by atoms with Crippen molar-refractivity contribution in [1.29, 1.82) is 0 Å². The Morgan fingerprint density at radius 2 is 1.86 bits per heavy atom. The summed E-state index contributed by atoms with van der Waals surface area (Å²) < 4.78 is 0. The Hall–Kier alpha value is -3.20. The lowest BCUT2D eigenvalue weighted by Crippen LogP contribution is -2.33. The molecule has 0 bridgehead atoms. The van der Waals surface area contributed by atoms with Crippen LogP contribution >= 0.6 is 11.6 Å². The quantitative estimate of drug-likeness (QED) is 0.329. The fraction of sp³-hybridized carbons (Fsp3) is 0.105. The summed E-state index contributed by atoms with van der Waals surface area (Å²) in [6.07, 6.45) is 0.675. The molecule has 0 fully saturated rings. The van der Waals surface area contributed by atoms with E-state index in [0.29, 0.717) is 16.4 Å². The van der Waals surface area contributed by atoms with Crippen LogP contribution in [0.4, 0.5) is 11.6 Å². The van der Waals surface area contributed by atoms with Crippen molar-refractivity contribution in [2.75, 3.05) is 18.1 Å². The minimum absolute atomic E-state index is 0.174. The highest BCUT2D eigenvalue weighted by molar-refractivity contribution is 6.35. The summed E-state index contributed by atoms with van der Waals surface area (Å²) in [4.78, 5) is 9.20. The second kappa shape index (κ2) is 7.43. The fourth-order valence-electron chi connectivity index (χ4n) is 2.91. The second-order valence-electron chi connectivity index (χ2n) is 6.15. The molecule has 0 saturated heterocycles. The molecule has 142 valence electrons. The molecule has 0 aliphatic rings. The SMILES string of the molecule is CNC(O)Nc1nc(-c2cc(Cl)c3[nH]ncc3c2)c(-c2ccccc2)nc1N. The van der Waals surface area contributed by atoms with E-state index in [4.69, 9.17) is 17.3 Å². The van der Waals surface area contributed by atoms with Gasteiger partial charge in [0.2, 0.25) is 0 Å². The summed E-state index contributed by atoms with van der Waals surface area (Å²) in [7, 11) is 1.60. The molecule has 6 N–H and O–H groups in total. The van der Waals surface area contributed by atoms with Crippen LogP contribution in [0.15, 0.2) is 48.7 Å². The van der Waals surface area contributed by atoms with Crippen LogP contribution in [-0.4, -0.2) is 38.7 Å². The van der Waals surface area contributed by atoms with E-state index in [-0.39, 0.29) is 11.6 Å². The van der Waals surface area contributed by atoms with E-state index in [0.717, 1.165) is 22.0 Å². The molecule has 1 unspecified atom stereocenters. The Morgan fingerprint density at radius 3 is 2.61 bits per heavy atom. The van der Waals surface area contributed by atoms with Crippen LogP contribution in [0.25, 0.3) is 33.4 Å². The van der Waals surface area contributed by atoms with Crippen LogP contribution < -0.4 is 16.4 Å². The van der Waals surface area contributed by atoms with E-state index in [1.165, 1.54) is 0 Å². The van der Waals surface area contributed by atoms with Gasteiger partial charge in [-0.3, -0.25) is 10.4 Å². The zero-order valence-electron chi connectivity index (χ0n) is 14.9. The van der Waals surface area contributed by atoms with Crippen molar-refractivity contribution in [3.05, 3.63) is 53.7 Å². The van der Waals surface area contributed by atoms with Gasteiger partial charge in [0.15, 0.2) is 18.0 Å². The van der Waals surface area contributed by atoms with Gasteiger partial charge in [-0.05, 0) is 19.2 Å². The summed E-state index contributed by atoms with van der Waals surface area (Å²) in [5, 5.41) is 23.6. The van der Waals surface area contributed by atoms with Crippen LogP contribution in [0.2, 0.25) is 5.02 Å². The number of aliphatic hydroxyl groups excluding tert-OH is 1. The number of aliphatic hydroxyl groups is 1. The molecule has 0 aliphatic heterocycles. The molecule has 4 rings (SSSR count). The number of H-pyrrole nitrogens is 1. The number of nitrogens with zero attached hydrogens (tertiary/aromatic N) is 3. The molecular formula is C19H18ClN7O. The number of rotatable bonds is 5. The number of nitrogens with one attached hydrogen (secondary N) is 3. The minimum Gasteiger partial charge on any atom is -0.381 e. The molecule has 28 heavy (non-hydrogen) atoms. The zero-order valence-corrected chi connectivity index (χ0v) is 15.7. The highest BCUT2D eigenvalue weighted by Gasteiger charge is 2.18. The van der Waals surface area contributed by atoms with Gasteiger partial charge in [0.1, 0.15) is 0 Å². The zero-order chi connectivity index (χ0) is 19.7. The number of hydrogen-bond acceptors (Lipinski definition) is 7. The lowest BCUT2D eigenvalue weighted by molar-refractivity contribution is 0.175. The van der Waals surface area contributed by atoms with Crippen molar-refractivity contribution >= 4 is 34.1 Å². The van der Waals surface area contributed by atoms with Crippen molar-refractivity contribution in [1.82, 2.24) is 25.5 Å². The fourth-order valence-corrected chi connectivity index (χ4v) is 3.17. The second-order valence-corrected chi connectivity index (χ2v) is 6.56. The number of fused-ring (bicyclic) bond motifs is 1. The molecule has 8 nitrogen and oxygen atoms in total. The lowest BCUT2D eigenvalue weighted by atomic mass is 10.0. The van der Waals surface area contributed by atoms with E-state index in [1.807, 2.05) is 36.4 Å². The molecule has 9 heteroatoms. The number of aromatic nitrogens is 4. The molecule has 0 radical (unpaired) electrons. The smallest absolute Gasteiger partial charge is 0.182 e. The number of anilines is 2. The van der Waals surface area contributed by atoms with Crippen molar-refractivity contribution in [2.24, 2.45) is 0 Å². The summed E-state index contributed by atoms with van der Waals surface area (Å²) in [5.74, 6) is 0.437. The minimum atomic E-state index is -1.02. The summed E-state index contributed by atoms with van der Waals surface area (Å²) in [5.41, 5.74) is 9.66. The van der Waals surface area contributed by atoms with Gasteiger partial charge in [0.05, 0.1) is 28.1 Å². The summed E-state index contributed by atoms with van der Waals surface area (Å²) in [6.45, 7) is 0. The van der Waals surface area contributed by atoms with E-state index < -0.39 is 6.35 Å².